The van der Waals surface area contributed by atoms with Crippen molar-refractivity contribution in [3.63, 3.8) is 0 Å². The second kappa shape index (κ2) is 11.1. The Labute approximate surface area is 208 Å². The van der Waals surface area contributed by atoms with Crippen LogP contribution in [0, 0.1) is 0 Å². The molecule has 0 aliphatic carbocycles. The van der Waals surface area contributed by atoms with Crippen molar-refractivity contribution in [2.45, 2.75) is 89.9 Å². The van der Waals surface area contributed by atoms with Gasteiger partial charge in [0.25, 0.3) is 0 Å². The lowest BCUT2D eigenvalue weighted by molar-refractivity contribution is 0.0482. The van der Waals surface area contributed by atoms with Gasteiger partial charge >= 0.3 is 12.2 Å². The summed E-state index contributed by atoms with van der Waals surface area (Å²) in [5.74, 6) is 0. The summed E-state index contributed by atoms with van der Waals surface area (Å²) >= 11 is 0. The SMILES string of the molecule is CC(C)(C)OC(=O)N[C@@H](Cc1ccccc1)[C@H]1O[C@@H]1[C@H](Cc1ccccc1)NC(=O)OC(C)(C)C. The van der Waals surface area contributed by atoms with E-state index in [2.05, 4.69) is 10.6 Å². The maximum Gasteiger partial charge on any atom is 0.407 e. The molecule has 1 aliphatic rings. The summed E-state index contributed by atoms with van der Waals surface area (Å²) in [5.41, 5.74) is 0.920. The fourth-order valence-corrected chi connectivity index (χ4v) is 3.94. The molecule has 4 atom stereocenters. The lowest BCUT2D eigenvalue weighted by Crippen LogP contribution is -2.47. The smallest absolute Gasteiger partial charge is 0.407 e. The van der Waals surface area contributed by atoms with E-state index in [0.29, 0.717) is 12.8 Å². The summed E-state index contributed by atoms with van der Waals surface area (Å²) in [6.07, 6.45) is -0.408. The second-order valence-corrected chi connectivity index (χ2v) is 11.0. The number of hydrogen-bond acceptors (Lipinski definition) is 5. The third-order valence-electron chi connectivity index (χ3n) is 5.36. The molecule has 0 saturated carbocycles. The van der Waals surface area contributed by atoms with Gasteiger partial charge in [0, 0.05) is 0 Å². The molecule has 1 saturated heterocycles. The van der Waals surface area contributed by atoms with E-state index in [1.807, 2.05) is 102 Å². The number of carbonyl (C=O) groups excluding carboxylic acids is 2. The highest BCUT2D eigenvalue weighted by atomic mass is 16.6. The Bertz CT molecular complexity index is 887. The molecule has 2 aromatic carbocycles. The Morgan fingerprint density at radius 1 is 0.714 bits per heavy atom. The quantitative estimate of drug-likeness (QED) is 0.516. The molecule has 1 aliphatic heterocycles. The largest absolute Gasteiger partial charge is 0.444 e. The number of alkyl carbamates (subject to hydrolysis) is 2. The zero-order valence-electron chi connectivity index (χ0n) is 21.5. The number of hydrogen-bond donors (Lipinski definition) is 2. The number of amides is 2. The van der Waals surface area contributed by atoms with Crippen LogP contribution in [-0.2, 0) is 27.1 Å². The van der Waals surface area contributed by atoms with Gasteiger partial charge in [0.1, 0.15) is 23.4 Å². The highest BCUT2D eigenvalue weighted by Crippen LogP contribution is 2.32. The first-order valence-electron chi connectivity index (χ1n) is 12.1. The molecule has 0 aromatic heterocycles. The monoisotopic (exact) mass is 482 g/mol. The van der Waals surface area contributed by atoms with Gasteiger partial charge in [0.2, 0.25) is 0 Å². The van der Waals surface area contributed by atoms with Crippen LogP contribution in [0.2, 0.25) is 0 Å². The number of ether oxygens (including phenoxy) is 3. The van der Waals surface area contributed by atoms with Gasteiger partial charge in [-0.15, -0.1) is 0 Å². The molecule has 1 fully saturated rings. The average molecular weight is 483 g/mol. The Kier molecular flexibility index (Phi) is 8.43. The van der Waals surface area contributed by atoms with Gasteiger partial charge in [-0.05, 0) is 65.5 Å². The van der Waals surface area contributed by atoms with Crippen molar-refractivity contribution in [3.05, 3.63) is 71.8 Å². The second-order valence-electron chi connectivity index (χ2n) is 11.0. The van der Waals surface area contributed by atoms with Gasteiger partial charge in [-0.25, -0.2) is 9.59 Å². The van der Waals surface area contributed by atoms with Crippen LogP contribution in [0.3, 0.4) is 0 Å². The summed E-state index contributed by atoms with van der Waals surface area (Å²) in [6, 6.07) is 19.2. The molecule has 35 heavy (non-hydrogen) atoms. The molecule has 0 radical (unpaired) electrons. The minimum Gasteiger partial charge on any atom is -0.444 e. The third kappa shape index (κ3) is 9.25. The van der Waals surface area contributed by atoms with Crippen molar-refractivity contribution >= 4 is 12.2 Å². The molecule has 2 N–H and O–H groups in total. The minimum atomic E-state index is -0.612. The number of carbonyl (C=O) groups is 2. The van der Waals surface area contributed by atoms with Gasteiger partial charge in [-0.3, -0.25) is 0 Å². The van der Waals surface area contributed by atoms with Crippen molar-refractivity contribution in [3.8, 4) is 0 Å². The van der Waals surface area contributed by atoms with E-state index in [0.717, 1.165) is 11.1 Å². The molecule has 7 nitrogen and oxygen atoms in total. The fraction of sp³-hybridized carbons (Fsp3) is 0.500. The number of nitrogens with one attached hydrogen (secondary N) is 2. The van der Waals surface area contributed by atoms with Crippen LogP contribution < -0.4 is 10.6 Å². The van der Waals surface area contributed by atoms with Gasteiger partial charge in [0.05, 0.1) is 12.1 Å². The van der Waals surface area contributed by atoms with E-state index in [1.54, 1.807) is 0 Å². The summed E-state index contributed by atoms with van der Waals surface area (Å²) < 4.78 is 17.1. The molecule has 2 aromatic rings. The van der Waals surface area contributed by atoms with Crippen LogP contribution >= 0.6 is 0 Å². The van der Waals surface area contributed by atoms with Gasteiger partial charge in [-0.1, -0.05) is 60.7 Å². The van der Waals surface area contributed by atoms with Gasteiger partial charge in [0.15, 0.2) is 0 Å². The van der Waals surface area contributed by atoms with E-state index in [1.165, 1.54) is 0 Å². The molecule has 1 heterocycles. The predicted octanol–water partition coefficient (Wildman–Crippen LogP) is 5.03. The molecule has 7 heteroatoms. The van der Waals surface area contributed by atoms with Crippen LogP contribution in [0.25, 0.3) is 0 Å². The Balaban J connectivity index is 1.76. The minimum absolute atomic E-state index is 0.286. The van der Waals surface area contributed by atoms with Crippen LogP contribution in [0.5, 0.6) is 0 Å². The highest BCUT2D eigenvalue weighted by Gasteiger charge is 2.51. The Hall–Kier alpha value is -3.06. The molecular weight excluding hydrogens is 444 g/mol. The van der Waals surface area contributed by atoms with Crippen LogP contribution in [-0.4, -0.2) is 47.7 Å². The lowest BCUT2D eigenvalue weighted by atomic mass is 9.96. The normalized spacial score (nSPS) is 19.3. The van der Waals surface area contributed by atoms with E-state index >= 15 is 0 Å². The average Bonchev–Trinajstić information content (AvgIpc) is 3.52. The lowest BCUT2D eigenvalue weighted by Gasteiger charge is -2.25. The van der Waals surface area contributed by atoms with Gasteiger partial charge < -0.3 is 24.8 Å². The number of rotatable bonds is 8. The summed E-state index contributed by atoms with van der Waals surface area (Å²) in [4.78, 5) is 25.2. The van der Waals surface area contributed by atoms with E-state index in [4.69, 9.17) is 14.2 Å². The van der Waals surface area contributed by atoms with Gasteiger partial charge in [-0.2, -0.15) is 0 Å². The van der Waals surface area contributed by atoms with Crippen molar-refractivity contribution in [2.75, 3.05) is 0 Å². The zero-order valence-corrected chi connectivity index (χ0v) is 21.5. The Morgan fingerprint density at radius 2 is 1.06 bits per heavy atom. The van der Waals surface area contributed by atoms with Crippen molar-refractivity contribution < 1.29 is 23.8 Å². The fourth-order valence-electron chi connectivity index (χ4n) is 3.94. The standard InChI is InChI=1S/C28H38N2O5/c1-27(2,3)34-25(31)29-21(17-19-13-9-7-10-14-19)23-24(33-23)22(18-20-15-11-8-12-16-20)30-26(32)35-28(4,5)6/h7-16,21-24H,17-18H2,1-6H3,(H,29,31)(H,30,32)/t21-,22-,23+,24+/m0/s1. The predicted molar refractivity (Wildman–Crippen MR) is 135 cm³/mol. The van der Waals surface area contributed by atoms with Crippen molar-refractivity contribution in [1.29, 1.82) is 0 Å². The number of epoxide rings is 1. The first-order chi connectivity index (χ1) is 16.4. The first kappa shape index (κ1) is 26.5. The molecule has 0 bridgehead atoms. The number of benzene rings is 2. The highest BCUT2D eigenvalue weighted by molar-refractivity contribution is 5.69. The van der Waals surface area contributed by atoms with E-state index in [-0.39, 0.29) is 24.3 Å². The molecule has 2 amide bonds. The third-order valence-corrected chi connectivity index (χ3v) is 5.36. The molecule has 3 rings (SSSR count). The van der Waals surface area contributed by atoms with Crippen LogP contribution in [0.15, 0.2) is 60.7 Å². The molecule has 0 unspecified atom stereocenters. The van der Waals surface area contributed by atoms with Crippen LogP contribution in [0.1, 0.15) is 52.7 Å². The summed E-state index contributed by atoms with van der Waals surface area (Å²) in [7, 11) is 0. The molecule has 0 spiro atoms. The Morgan fingerprint density at radius 3 is 1.37 bits per heavy atom. The topological polar surface area (TPSA) is 89.2 Å². The summed E-state index contributed by atoms with van der Waals surface area (Å²) in [6.45, 7) is 11.0. The summed E-state index contributed by atoms with van der Waals surface area (Å²) in [5, 5.41) is 5.99. The van der Waals surface area contributed by atoms with Crippen LogP contribution in [0.4, 0.5) is 9.59 Å². The van der Waals surface area contributed by atoms with E-state index < -0.39 is 23.4 Å². The van der Waals surface area contributed by atoms with E-state index in [9.17, 15) is 9.59 Å². The molecule has 190 valence electrons. The maximum atomic E-state index is 12.6. The van der Waals surface area contributed by atoms with Crippen molar-refractivity contribution in [2.24, 2.45) is 0 Å². The maximum absolute atomic E-state index is 12.6. The first-order valence-corrected chi connectivity index (χ1v) is 12.1. The zero-order chi connectivity index (χ0) is 25.6. The van der Waals surface area contributed by atoms with Crippen molar-refractivity contribution in [1.82, 2.24) is 10.6 Å². The molecular formula is C28H38N2O5.